The zero-order chi connectivity index (χ0) is 18.6. The molecule has 0 saturated heterocycles. The van der Waals surface area contributed by atoms with Crippen LogP contribution in [0.5, 0.6) is 11.5 Å². The van der Waals surface area contributed by atoms with Gasteiger partial charge in [0.25, 0.3) is 0 Å². The summed E-state index contributed by atoms with van der Waals surface area (Å²) in [5.74, 6) is 0.742. The molecule has 124 valence electrons. The van der Waals surface area contributed by atoms with Crippen molar-refractivity contribution in [3.63, 3.8) is 0 Å². The Balaban J connectivity index is 1.44. The maximum Gasteiger partial charge on any atom is 0.231 e. The van der Waals surface area contributed by atoms with E-state index in [9.17, 15) is 0 Å². The molecule has 0 fully saturated rings. The van der Waals surface area contributed by atoms with Gasteiger partial charge in [-0.15, -0.1) is 11.3 Å². The molecule has 7 heteroatoms. The van der Waals surface area contributed by atoms with Gasteiger partial charge in [0.2, 0.25) is 6.75 Å². The topological polar surface area (TPSA) is 60.7 Å². The third kappa shape index (κ3) is 2.40. The number of fused-ring (bicyclic) bond motifs is 2. The largest absolute Gasteiger partial charge is 0.454 e. The highest BCUT2D eigenvalue weighted by atomic mass is 32.1. The van der Waals surface area contributed by atoms with Crippen molar-refractivity contribution in [1.29, 1.82) is 0 Å². The van der Waals surface area contributed by atoms with E-state index in [1.807, 2.05) is 41.1 Å². The Morgan fingerprint density at radius 3 is 3.08 bits per heavy atom. The monoisotopic (exact) mass is 352 g/mol. The molecule has 0 saturated carbocycles. The summed E-state index contributed by atoms with van der Waals surface area (Å²) in [7, 11) is 0. The SMILES string of the molecule is [2H]C1([2H])Oc2ccc(Nc3nc(-c4c(C)nc5ccccn45)cs3)cc2O1. The van der Waals surface area contributed by atoms with E-state index in [1.54, 1.807) is 18.2 Å². The van der Waals surface area contributed by atoms with E-state index in [0.29, 0.717) is 11.5 Å². The van der Waals surface area contributed by atoms with Crippen LogP contribution >= 0.6 is 11.3 Å². The number of hydrogen-bond donors (Lipinski definition) is 1. The molecular formula is C18H14N4O2S. The number of aromatic nitrogens is 3. The van der Waals surface area contributed by atoms with Gasteiger partial charge in [-0.25, -0.2) is 9.97 Å². The van der Waals surface area contributed by atoms with Gasteiger partial charge in [0.15, 0.2) is 16.6 Å². The van der Waals surface area contributed by atoms with E-state index in [0.717, 1.165) is 33.5 Å². The molecule has 0 atom stereocenters. The normalized spacial score (nSPS) is 15.9. The number of nitrogens with zero attached hydrogens (tertiary/aromatic N) is 3. The van der Waals surface area contributed by atoms with Gasteiger partial charge in [0, 0.05) is 23.3 Å². The summed E-state index contributed by atoms with van der Waals surface area (Å²) in [5, 5.41) is 5.93. The molecule has 0 amide bonds. The van der Waals surface area contributed by atoms with Crippen molar-refractivity contribution in [1.82, 2.24) is 14.4 Å². The van der Waals surface area contributed by atoms with E-state index in [4.69, 9.17) is 12.2 Å². The van der Waals surface area contributed by atoms with Crippen molar-refractivity contribution < 1.29 is 12.2 Å². The summed E-state index contributed by atoms with van der Waals surface area (Å²) in [6, 6.07) is 11.1. The Labute approximate surface area is 150 Å². The van der Waals surface area contributed by atoms with Gasteiger partial charge in [-0.2, -0.15) is 0 Å². The fourth-order valence-corrected chi connectivity index (χ4v) is 3.56. The van der Waals surface area contributed by atoms with Crippen LogP contribution < -0.4 is 14.8 Å². The van der Waals surface area contributed by atoms with Crippen LogP contribution in [-0.4, -0.2) is 21.1 Å². The van der Waals surface area contributed by atoms with Crippen LogP contribution in [0.4, 0.5) is 10.8 Å². The molecule has 6 nitrogen and oxygen atoms in total. The molecule has 0 spiro atoms. The number of imidazole rings is 1. The highest BCUT2D eigenvalue weighted by Crippen LogP contribution is 2.36. The molecule has 0 radical (unpaired) electrons. The van der Waals surface area contributed by atoms with Crippen molar-refractivity contribution in [2.24, 2.45) is 0 Å². The summed E-state index contributed by atoms with van der Waals surface area (Å²) < 4.78 is 27.3. The quantitative estimate of drug-likeness (QED) is 0.598. The summed E-state index contributed by atoms with van der Waals surface area (Å²) in [4.78, 5) is 9.26. The second kappa shape index (κ2) is 5.49. The molecule has 1 N–H and O–H groups in total. The Hall–Kier alpha value is -3.06. The van der Waals surface area contributed by atoms with Gasteiger partial charge < -0.3 is 14.8 Å². The van der Waals surface area contributed by atoms with Gasteiger partial charge in [0.1, 0.15) is 14.1 Å². The maximum atomic E-state index is 7.52. The Morgan fingerprint density at radius 2 is 2.12 bits per heavy atom. The van der Waals surface area contributed by atoms with Crippen LogP contribution in [0.1, 0.15) is 8.44 Å². The van der Waals surface area contributed by atoms with Gasteiger partial charge in [-0.05, 0) is 31.2 Å². The predicted octanol–water partition coefficient (Wildman–Crippen LogP) is 4.24. The molecule has 0 aliphatic carbocycles. The van der Waals surface area contributed by atoms with E-state index in [2.05, 4.69) is 15.3 Å². The van der Waals surface area contributed by atoms with Gasteiger partial charge >= 0.3 is 0 Å². The first-order valence-corrected chi connectivity index (χ1v) is 8.55. The molecule has 4 aromatic rings. The first-order valence-electron chi connectivity index (χ1n) is 8.67. The van der Waals surface area contributed by atoms with Crippen molar-refractivity contribution in [2.45, 2.75) is 6.92 Å². The minimum atomic E-state index is -2.13. The lowest BCUT2D eigenvalue weighted by molar-refractivity contribution is 0.174. The number of benzene rings is 1. The molecule has 5 rings (SSSR count). The second-order valence-corrected chi connectivity index (χ2v) is 6.44. The minimum absolute atomic E-state index is 0.361. The predicted molar refractivity (Wildman–Crippen MR) is 96.9 cm³/mol. The molecule has 4 heterocycles. The van der Waals surface area contributed by atoms with Crippen LogP contribution in [0, 0.1) is 6.92 Å². The van der Waals surface area contributed by atoms with Crippen molar-refractivity contribution in [3.8, 4) is 22.9 Å². The average Bonchev–Trinajstić information content (AvgIpc) is 3.27. The highest BCUT2D eigenvalue weighted by molar-refractivity contribution is 7.14. The first kappa shape index (κ1) is 12.3. The van der Waals surface area contributed by atoms with E-state index in [1.165, 1.54) is 11.3 Å². The molecule has 1 aliphatic rings. The van der Waals surface area contributed by atoms with Crippen molar-refractivity contribution in [3.05, 3.63) is 53.7 Å². The fourth-order valence-electron chi connectivity index (χ4n) is 2.85. The first-order chi connectivity index (χ1) is 13.0. The second-order valence-electron chi connectivity index (χ2n) is 5.59. The highest BCUT2D eigenvalue weighted by Gasteiger charge is 2.16. The van der Waals surface area contributed by atoms with Crippen LogP contribution in [0.2, 0.25) is 0 Å². The number of hydrogen-bond acceptors (Lipinski definition) is 6. The average molecular weight is 352 g/mol. The summed E-state index contributed by atoms with van der Waals surface area (Å²) in [5.41, 5.74) is 4.36. The number of thiazole rings is 1. The number of nitrogens with one attached hydrogen (secondary N) is 1. The lowest BCUT2D eigenvalue weighted by Crippen LogP contribution is -1.93. The fraction of sp³-hybridized carbons (Fsp3) is 0.111. The third-order valence-corrected chi connectivity index (χ3v) is 4.71. The minimum Gasteiger partial charge on any atom is -0.454 e. The maximum absolute atomic E-state index is 7.52. The molecule has 25 heavy (non-hydrogen) atoms. The smallest absolute Gasteiger partial charge is 0.231 e. The number of ether oxygens (including phenoxy) is 2. The zero-order valence-corrected chi connectivity index (χ0v) is 14.0. The standard InChI is InChI=1S/C18H14N4O2S/c1-11-17(22-7-3-2-4-16(22)19-11)13-9-25-18(21-13)20-12-5-6-14-15(8-12)24-10-23-14/h2-9H,10H2,1H3,(H,20,21)/i10D2. The molecule has 0 bridgehead atoms. The van der Waals surface area contributed by atoms with E-state index < -0.39 is 6.75 Å². The van der Waals surface area contributed by atoms with Gasteiger partial charge in [0.05, 0.1) is 11.4 Å². The Bertz CT molecular complexity index is 1170. The Morgan fingerprint density at radius 1 is 1.20 bits per heavy atom. The number of anilines is 2. The molecule has 3 aromatic heterocycles. The van der Waals surface area contributed by atoms with Crippen LogP contribution in [0.15, 0.2) is 48.0 Å². The Kier molecular flexibility index (Phi) is 2.71. The van der Waals surface area contributed by atoms with Crippen LogP contribution in [0.3, 0.4) is 0 Å². The van der Waals surface area contributed by atoms with E-state index >= 15 is 0 Å². The van der Waals surface area contributed by atoms with Crippen molar-refractivity contribution >= 4 is 27.8 Å². The summed E-state index contributed by atoms with van der Waals surface area (Å²) >= 11 is 1.48. The molecule has 0 unspecified atom stereocenters. The van der Waals surface area contributed by atoms with Gasteiger partial charge in [-0.3, -0.25) is 4.40 Å². The van der Waals surface area contributed by atoms with Crippen molar-refractivity contribution in [2.75, 3.05) is 12.1 Å². The number of aryl methyl sites for hydroxylation is 1. The molecule has 1 aliphatic heterocycles. The van der Waals surface area contributed by atoms with Gasteiger partial charge in [-0.1, -0.05) is 6.07 Å². The number of rotatable bonds is 3. The zero-order valence-electron chi connectivity index (χ0n) is 15.2. The van der Waals surface area contributed by atoms with Crippen LogP contribution in [-0.2, 0) is 0 Å². The third-order valence-electron chi connectivity index (χ3n) is 3.95. The molecule has 1 aromatic carbocycles. The lowest BCUT2D eigenvalue weighted by atomic mass is 10.3. The lowest BCUT2D eigenvalue weighted by Gasteiger charge is -2.04. The molecular weight excluding hydrogens is 336 g/mol. The van der Waals surface area contributed by atoms with E-state index in [-0.39, 0.29) is 0 Å². The summed E-state index contributed by atoms with van der Waals surface area (Å²) in [6.45, 7) is -0.156. The number of pyridine rings is 1. The summed E-state index contributed by atoms with van der Waals surface area (Å²) in [6.07, 6.45) is 1.98. The van der Waals surface area contributed by atoms with Crippen LogP contribution in [0.25, 0.3) is 17.0 Å².